The van der Waals surface area contributed by atoms with E-state index >= 15 is 0 Å². The van der Waals surface area contributed by atoms with Crippen molar-refractivity contribution in [3.63, 3.8) is 0 Å². The number of methoxy groups -OCH3 is 1. The van der Waals surface area contributed by atoms with E-state index in [1.807, 2.05) is 7.11 Å². The summed E-state index contributed by atoms with van der Waals surface area (Å²) in [6.45, 7) is 23.3. The predicted octanol–water partition coefficient (Wildman–Crippen LogP) is 8.12. The number of nitrogens with zero attached hydrogens (tertiary/aromatic N) is 1. The lowest BCUT2D eigenvalue weighted by Crippen LogP contribution is -2.45. The van der Waals surface area contributed by atoms with Crippen molar-refractivity contribution in [2.75, 3.05) is 18.6 Å². The molecule has 0 amide bonds. The Labute approximate surface area is 225 Å². The summed E-state index contributed by atoms with van der Waals surface area (Å²) in [6.07, 6.45) is 5.84. The number of aromatic nitrogens is 1. The molecular formula is C26H51NO4S2Si2. The van der Waals surface area contributed by atoms with E-state index in [2.05, 4.69) is 91.3 Å². The Morgan fingerprint density at radius 1 is 1.00 bits per heavy atom. The minimum Gasteiger partial charge on any atom is -0.449 e. The average Bonchev–Trinajstić information content (AvgIpc) is 3.18. The Hall–Kier alpha value is 0.224. The average molecular weight is 562 g/mol. The summed E-state index contributed by atoms with van der Waals surface area (Å²) in [7, 11) is -1.95. The Morgan fingerprint density at radius 3 is 2.14 bits per heavy atom. The molecule has 5 nitrogen and oxygen atoms in total. The number of thioether (sulfide) groups is 2. The summed E-state index contributed by atoms with van der Waals surface area (Å²) in [5, 5.41) is 0.313. The molecule has 1 fully saturated rings. The van der Waals surface area contributed by atoms with Gasteiger partial charge in [0.1, 0.15) is 12.0 Å². The molecule has 0 unspecified atom stereocenters. The van der Waals surface area contributed by atoms with Gasteiger partial charge in [-0.2, -0.15) is 0 Å². The summed E-state index contributed by atoms with van der Waals surface area (Å²) in [4.78, 5) is 4.79. The van der Waals surface area contributed by atoms with Gasteiger partial charge in [0.05, 0.1) is 23.4 Å². The van der Waals surface area contributed by atoms with Crippen LogP contribution in [0.5, 0.6) is 0 Å². The molecule has 0 N–H and O–H groups in total. The van der Waals surface area contributed by atoms with Crippen LogP contribution in [-0.2, 0) is 26.6 Å². The van der Waals surface area contributed by atoms with Crippen LogP contribution >= 0.6 is 23.5 Å². The van der Waals surface area contributed by atoms with Gasteiger partial charge in [-0.05, 0) is 67.0 Å². The van der Waals surface area contributed by atoms with Crippen LogP contribution in [-0.4, -0.2) is 57.0 Å². The van der Waals surface area contributed by atoms with E-state index in [1.54, 1.807) is 6.26 Å². The van der Waals surface area contributed by atoms with Crippen molar-refractivity contribution in [2.24, 2.45) is 0 Å². The second-order valence-electron chi connectivity index (χ2n) is 12.8. The van der Waals surface area contributed by atoms with E-state index < -0.39 is 16.6 Å². The van der Waals surface area contributed by atoms with Gasteiger partial charge in [0.2, 0.25) is 0 Å². The van der Waals surface area contributed by atoms with Gasteiger partial charge >= 0.3 is 0 Å². The van der Waals surface area contributed by atoms with Crippen molar-refractivity contribution in [2.45, 2.75) is 127 Å². The predicted molar refractivity (Wildman–Crippen MR) is 158 cm³/mol. The van der Waals surface area contributed by atoms with Gasteiger partial charge in [-0.25, -0.2) is 4.98 Å². The second kappa shape index (κ2) is 12.8. The third-order valence-corrected chi connectivity index (χ3v) is 19.9. The molecule has 0 aromatic carbocycles. The molecule has 0 spiro atoms. The van der Waals surface area contributed by atoms with Gasteiger partial charge in [0.15, 0.2) is 22.5 Å². The quantitative estimate of drug-likeness (QED) is 0.239. The molecule has 204 valence electrons. The third kappa shape index (κ3) is 9.80. The maximum atomic E-state index is 6.92. The SMILES string of the molecule is CO[C@H](CC1SCCCS1)C[C@@H](Cc1nc(CO[Si](C)(C)C(C)(C)C)co1)O[Si](C)(C)C(C)(C)C. The first-order valence-corrected chi connectivity index (χ1v) is 21.0. The molecule has 0 saturated carbocycles. The zero-order chi connectivity index (χ0) is 26.5. The van der Waals surface area contributed by atoms with Crippen LogP contribution in [0.3, 0.4) is 0 Å². The largest absolute Gasteiger partial charge is 0.449 e. The zero-order valence-corrected chi connectivity index (χ0v) is 27.8. The van der Waals surface area contributed by atoms with E-state index in [0.29, 0.717) is 17.6 Å². The molecule has 0 aliphatic carbocycles. The van der Waals surface area contributed by atoms with Crippen LogP contribution in [0.25, 0.3) is 0 Å². The van der Waals surface area contributed by atoms with Crippen molar-refractivity contribution in [3.8, 4) is 0 Å². The Balaban J connectivity index is 2.10. The Kier molecular flexibility index (Phi) is 11.5. The van der Waals surface area contributed by atoms with Gasteiger partial charge in [-0.1, -0.05) is 41.5 Å². The third-order valence-electron chi connectivity index (χ3n) is 7.87. The highest BCUT2D eigenvalue weighted by Crippen LogP contribution is 2.40. The summed E-state index contributed by atoms with van der Waals surface area (Å²) >= 11 is 4.15. The van der Waals surface area contributed by atoms with Crippen molar-refractivity contribution >= 4 is 40.2 Å². The van der Waals surface area contributed by atoms with Crippen molar-refractivity contribution in [3.05, 3.63) is 17.8 Å². The van der Waals surface area contributed by atoms with E-state index in [4.69, 9.17) is 23.0 Å². The summed E-state index contributed by atoms with van der Waals surface area (Å²) in [6, 6.07) is 0. The van der Waals surface area contributed by atoms with Crippen LogP contribution < -0.4 is 0 Å². The van der Waals surface area contributed by atoms with Crippen LogP contribution in [0.15, 0.2) is 10.7 Å². The first kappa shape index (κ1) is 31.4. The molecule has 9 heteroatoms. The lowest BCUT2D eigenvalue weighted by molar-refractivity contribution is 0.0449. The molecule has 2 atom stereocenters. The first-order valence-electron chi connectivity index (χ1n) is 13.0. The normalized spacial score (nSPS) is 18.6. The minimum absolute atomic E-state index is 0.0206. The fourth-order valence-electron chi connectivity index (χ4n) is 3.41. The van der Waals surface area contributed by atoms with E-state index in [9.17, 15) is 0 Å². The molecule has 0 bridgehead atoms. The van der Waals surface area contributed by atoms with Crippen molar-refractivity contribution in [1.82, 2.24) is 4.98 Å². The summed E-state index contributed by atoms with van der Waals surface area (Å²) < 4.78 is 25.8. The van der Waals surface area contributed by atoms with Crippen LogP contribution in [0.1, 0.15) is 72.4 Å². The fourth-order valence-corrected chi connectivity index (χ4v) is 8.71. The number of ether oxygens (including phenoxy) is 1. The Bertz CT molecular complexity index is 768. The molecule has 1 saturated heterocycles. The molecule has 2 heterocycles. The number of oxazole rings is 1. The summed E-state index contributed by atoms with van der Waals surface area (Å²) in [5.74, 6) is 3.25. The first-order chi connectivity index (χ1) is 16.0. The lowest BCUT2D eigenvalue weighted by atomic mass is 10.1. The van der Waals surface area contributed by atoms with Crippen LogP contribution in [0.4, 0.5) is 0 Å². The van der Waals surface area contributed by atoms with Crippen LogP contribution in [0, 0.1) is 0 Å². The van der Waals surface area contributed by atoms with Crippen molar-refractivity contribution < 1.29 is 18.0 Å². The molecule has 1 aromatic rings. The van der Waals surface area contributed by atoms with Gasteiger partial charge in [-0.3, -0.25) is 0 Å². The molecule has 0 radical (unpaired) electrons. The summed E-state index contributed by atoms with van der Waals surface area (Å²) in [5.41, 5.74) is 0.870. The second-order valence-corrected chi connectivity index (χ2v) is 25.3. The van der Waals surface area contributed by atoms with Crippen molar-refractivity contribution in [1.29, 1.82) is 0 Å². The lowest BCUT2D eigenvalue weighted by Gasteiger charge is -2.40. The molecule has 1 aromatic heterocycles. The highest BCUT2D eigenvalue weighted by Gasteiger charge is 2.40. The monoisotopic (exact) mass is 561 g/mol. The number of hydrogen-bond donors (Lipinski definition) is 0. The van der Waals surface area contributed by atoms with Gasteiger partial charge in [-0.15, -0.1) is 23.5 Å². The van der Waals surface area contributed by atoms with E-state index in [1.165, 1.54) is 17.9 Å². The zero-order valence-electron chi connectivity index (χ0n) is 24.2. The Morgan fingerprint density at radius 2 is 1.60 bits per heavy atom. The highest BCUT2D eigenvalue weighted by molar-refractivity contribution is 8.17. The highest BCUT2D eigenvalue weighted by atomic mass is 32.2. The standard InChI is InChI=1S/C26H51NO4S2Si2/c1-25(2,3)34(8,9)30-19-20-18-29-23(27-20)16-22(31-35(10,11)26(4,5)6)15-21(28-7)17-24-32-13-12-14-33-24/h18,21-22,24H,12-17,19H2,1-11H3/t21-,22-/m0/s1. The van der Waals surface area contributed by atoms with E-state index in [0.717, 1.165) is 24.4 Å². The topological polar surface area (TPSA) is 53.7 Å². The molecule has 1 aliphatic rings. The van der Waals surface area contributed by atoms with Crippen LogP contribution in [0.2, 0.25) is 36.3 Å². The number of rotatable bonds is 12. The molecule has 1 aliphatic heterocycles. The van der Waals surface area contributed by atoms with Gasteiger partial charge in [0, 0.05) is 13.5 Å². The minimum atomic E-state index is -1.96. The molecule has 35 heavy (non-hydrogen) atoms. The van der Waals surface area contributed by atoms with Gasteiger partial charge in [0.25, 0.3) is 0 Å². The van der Waals surface area contributed by atoms with Gasteiger partial charge < -0.3 is 18.0 Å². The maximum absolute atomic E-state index is 6.92. The number of hydrogen-bond acceptors (Lipinski definition) is 7. The fraction of sp³-hybridized carbons (Fsp3) is 0.885. The van der Waals surface area contributed by atoms with E-state index in [-0.39, 0.29) is 22.3 Å². The smallest absolute Gasteiger partial charge is 0.196 e. The molecule has 2 rings (SSSR count). The maximum Gasteiger partial charge on any atom is 0.196 e. The molecular weight excluding hydrogens is 511 g/mol.